The number of carbonyl (C=O) groups excluding carboxylic acids is 1. The van der Waals surface area contributed by atoms with E-state index in [1.165, 1.54) is 6.07 Å². The molecule has 0 atom stereocenters. The van der Waals surface area contributed by atoms with Crippen molar-refractivity contribution in [2.24, 2.45) is 0 Å². The molecule has 0 fully saturated rings. The fourth-order valence-electron chi connectivity index (χ4n) is 2.42. The zero-order chi connectivity index (χ0) is 17.3. The molecule has 3 rings (SSSR count). The van der Waals surface area contributed by atoms with Crippen molar-refractivity contribution in [2.75, 3.05) is 5.32 Å². The van der Waals surface area contributed by atoms with Gasteiger partial charge in [0.2, 0.25) is 5.82 Å². The second-order valence-electron chi connectivity index (χ2n) is 5.21. The number of nitrogens with one attached hydrogen (secondary N) is 1. The molecule has 1 heterocycles. The molecule has 0 spiro atoms. The minimum Gasteiger partial charge on any atom is -0.322 e. The minimum absolute atomic E-state index is 0.145. The van der Waals surface area contributed by atoms with Crippen LogP contribution >= 0.6 is 0 Å². The number of pyridine rings is 1. The lowest BCUT2D eigenvalue weighted by atomic mass is 10.1. The predicted molar refractivity (Wildman–Crippen MR) is 87.5 cm³/mol. The van der Waals surface area contributed by atoms with E-state index < -0.39 is 22.3 Å². The molecule has 6 nitrogen and oxygen atoms in total. The van der Waals surface area contributed by atoms with Gasteiger partial charge in [0.15, 0.2) is 0 Å². The van der Waals surface area contributed by atoms with Gasteiger partial charge >= 0.3 is 5.69 Å². The topological polar surface area (TPSA) is 85.1 Å². The molecule has 0 saturated carbocycles. The van der Waals surface area contributed by atoms with Gasteiger partial charge in [0.1, 0.15) is 0 Å². The lowest BCUT2D eigenvalue weighted by molar-refractivity contribution is -0.387. The number of aromatic nitrogens is 1. The van der Waals surface area contributed by atoms with Crippen molar-refractivity contribution in [1.29, 1.82) is 0 Å². The fraction of sp³-hybridized carbons (Fsp3) is 0.0588. The van der Waals surface area contributed by atoms with E-state index in [1.807, 2.05) is 6.07 Å². The first kappa shape index (κ1) is 15.5. The van der Waals surface area contributed by atoms with Crippen molar-refractivity contribution in [2.45, 2.75) is 6.92 Å². The lowest BCUT2D eigenvalue weighted by Crippen LogP contribution is -2.13. The van der Waals surface area contributed by atoms with Crippen LogP contribution in [-0.2, 0) is 0 Å². The van der Waals surface area contributed by atoms with E-state index in [9.17, 15) is 19.3 Å². The predicted octanol–water partition coefficient (Wildman–Crippen LogP) is 3.84. The maximum atomic E-state index is 13.4. The van der Waals surface area contributed by atoms with Crippen LogP contribution in [-0.4, -0.2) is 15.8 Å². The number of halogens is 1. The highest BCUT2D eigenvalue weighted by Gasteiger charge is 2.17. The first-order valence-electron chi connectivity index (χ1n) is 7.07. The van der Waals surface area contributed by atoms with Crippen molar-refractivity contribution >= 4 is 28.2 Å². The van der Waals surface area contributed by atoms with Crippen molar-refractivity contribution < 1.29 is 14.1 Å². The van der Waals surface area contributed by atoms with Gasteiger partial charge in [0, 0.05) is 22.8 Å². The largest absolute Gasteiger partial charge is 0.322 e. The molecule has 1 N–H and O–H groups in total. The van der Waals surface area contributed by atoms with Crippen LogP contribution in [0.2, 0.25) is 0 Å². The highest BCUT2D eigenvalue weighted by molar-refractivity contribution is 6.12. The number of fused-ring (bicyclic) bond motifs is 1. The second kappa shape index (κ2) is 6.04. The third kappa shape index (κ3) is 2.91. The van der Waals surface area contributed by atoms with Crippen LogP contribution in [0.15, 0.2) is 48.5 Å². The van der Waals surface area contributed by atoms with Crippen LogP contribution in [0.5, 0.6) is 0 Å². The summed E-state index contributed by atoms with van der Waals surface area (Å²) in [6, 6.07) is 12.0. The Morgan fingerprint density at radius 2 is 1.96 bits per heavy atom. The molecule has 1 aromatic heterocycles. The van der Waals surface area contributed by atoms with Gasteiger partial charge in [-0.15, -0.1) is 0 Å². The molecule has 0 unspecified atom stereocenters. The summed E-state index contributed by atoms with van der Waals surface area (Å²) in [5.41, 5.74) is 1.19. The molecule has 3 aromatic rings. The second-order valence-corrected chi connectivity index (χ2v) is 5.21. The van der Waals surface area contributed by atoms with E-state index in [0.717, 1.165) is 12.1 Å². The number of hydrogen-bond acceptors (Lipinski definition) is 4. The highest BCUT2D eigenvalue weighted by Crippen LogP contribution is 2.23. The SMILES string of the molecule is Cc1cc(C(=O)Nc2ccc(F)c([N+](=O)[O-])c2)c2ccccc2n1. The molecule has 1 amide bonds. The van der Waals surface area contributed by atoms with Crippen molar-refractivity contribution in [3.05, 3.63) is 75.7 Å². The number of nitro groups is 1. The van der Waals surface area contributed by atoms with Gasteiger partial charge in [0.05, 0.1) is 16.0 Å². The molecule has 0 aliphatic carbocycles. The Bertz CT molecular complexity index is 972. The van der Waals surface area contributed by atoms with Crippen LogP contribution in [0, 0.1) is 22.9 Å². The van der Waals surface area contributed by atoms with Crippen LogP contribution in [0.1, 0.15) is 16.1 Å². The molecule has 0 aliphatic rings. The number of carbonyl (C=O) groups is 1. The number of hydrogen-bond donors (Lipinski definition) is 1. The maximum Gasteiger partial charge on any atom is 0.306 e. The molecular formula is C17H12FN3O3. The average molecular weight is 325 g/mol. The standard InChI is InChI=1S/C17H12FN3O3/c1-10-8-13(12-4-2-3-5-15(12)19-10)17(22)20-11-6-7-14(18)16(9-11)21(23)24/h2-9H,1H3,(H,20,22). The normalized spacial score (nSPS) is 10.6. The molecule has 24 heavy (non-hydrogen) atoms. The number of para-hydroxylation sites is 1. The third-order valence-electron chi connectivity index (χ3n) is 3.49. The van der Waals surface area contributed by atoms with Gasteiger partial charge in [-0.2, -0.15) is 4.39 Å². The van der Waals surface area contributed by atoms with Crippen molar-refractivity contribution in [3.8, 4) is 0 Å². The van der Waals surface area contributed by atoms with Crippen molar-refractivity contribution in [3.63, 3.8) is 0 Å². The Balaban J connectivity index is 1.99. The molecule has 7 heteroatoms. The van der Waals surface area contributed by atoms with E-state index in [4.69, 9.17) is 0 Å². The molecule has 120 valence electrons. The highest BCUT2D eigenvalue weighted by atomic mass is 19.1. The molecule has 2 aromatic carbocycles. The van der Waals surface area contributed by atoms with Crippen LogP contribution < -0.4 is 5.32 Å². The molecule has 0 aliphatic heterocycles. The van der Waals surface area contributed by atoms with Gasteiger partial charge < -0.3 is 5.32 Å². The van der Waals surface area contributed by atoms with Gasteiger partial charge in [-0.05, 0) is 31.2 Å². The molecule has 0 bridgehead atoms. The van der Waals surface area contributed by atoms with E-state index >= 15 is 0 Å². The van der Waals surface area contributed by atoms with Crippen LogP contribution in [0.3, 0.4) is 0 Å². The summed E-state index contributed by atoms with van der Waals surface area (Å²) in [6.45, 7) is 1.77. The first-order chi connectivity index (χ1) is 11.5. The van der Waals surface area contributed by atoms with Crippen molar-refractivity contribution in [1.82, 2.24) is 4.98 Å². The minimum atomic E-state index is -0.955. The molecular weight excluding hydrogens is 313 g/mol. The summed E-state index contributed by atoms with van der Waals surface area (Å²) in [4.78, 5) is 26.9. The smallest absolute Gasteiger partial charge is 0.306 e. The Morgan fingerprint density at radius 3 is 2.71 bits per heavy atom. The van der Waals surface area contributed by atoms with E-state index in [1.54, 1.807) is 31.2 Å². The van der Waals surface area contributed by atoms with Gasteiger partial charge in [0.25, 0.3) is 5.91 Å². The van der Waals surface area contributed by atoms with Gasteiger partial charge in [-0.3, -0.25) is 19.9 Å². The summed E-state index contributed by atoms with van der Waals surface area (Å²) in [5, 5.41) is 14.0. The Hall–Kier alpha value is -3.35. The molecule has 0 saturated heterocycles. The van der Waals surface area contributed by atoms with E-state index in [2.05, 4.69) is 10.3 Å². The maximum absolute atomic E-state index is 13.4. The summed E-state index contributed by atoms with van der Waals surface area (Å²) in [5.74, 6) is -1.40. The quantitative estimate of drug-likeness (QED) is 0.585. The summed E-state index contributed by atoms with van der Waals surface area (Å²) in [7, 11) is 0. The Labute approximate surface area is 136 Å². The third-order valence-corrected chi connectivity index (χ3v) is 3.49. The Kier molecular flexibility index (Phi) is 3.91. The summed E-state index contributed by atoms with van der Waals surface area (Å²) in [6.07, 6.45) is 0. The fourth-order valence-corrected chi connectivity index (χ4v) is 2.42. The van der Waals surface area contributed by atoms with Crippen LogP contribution in [0.25, 0.3) is 10.9 Å². The number of anilines is 1. The summed E-state index contributed by atoms with van der Waals surface area (Å²) < 4.78 is 13.4. The number of aryl methyl sites for hydroxylation is 1. The van der Waals surface area contributed by atoms with Gasteiger partial charge in [-0.1, -0.05) is 18.2 Å². The number of nitrogens with zero attached hydrogens (tertiary/aromatic N) is 2. The zero-order valence-electron chi connectivity index (χ0n) is 12.6. The van der Waals surface area contributed by atoms with E-state index in [-0.39, 0.29) is 5.69 Å². The Morgan fingerprint density at radius 1 is 1.21 bits per heavy atom. The molecule has 0 radical (unpaired) electrons. The number of rotatable bonds is 3. The van der Waals surface area contributed by atoms with E-state index in [0.29, 0.717) is 22.2 Å². The first-order valence-corrected chi connectivity index (χ1v) is 7.07. The van der Waals surface area contributed by atoms with Crippen LogP contribution in [0.4, 0.5) is 15.8 Å². The number of amides is 1. The summed E-state index contributed by atoms with van der Waals surface area (Å²) >= 11 is 0. The van der Waals surface area contributed by atoms with Gasteiger partial charge in [-0.25, -0.2) is 0 Å². The zero-order valence-corrected chi connectivity index (χ0v) is 12.6. The lowest BCUT2D eigenvalue weighted by Gasteiger charge is -2.09. The average Bonchev–Trinajstić information content (AvgIpc) is 2.55. The number of benzene rings is 2. The monoisotopic (exact) mass is 325 g/mol. The number of nitro benzene ring substituents is 1.